The molecule has 0 fully saturated rings. The van der Waals surface area contributed by atoms with E-state index >= 15 is 0 Å². The highest BCUT2D eigenvalue weighted by molar-refractivity contribution is 5.62. The minimum atomic E-state index is 0.0712. The number of pyridine rings is 1. The number of anilines is 1. The van der Waals surface area contributed by atoms with Gasteiger partial charge in [0.1, 0.15) is 11.6 Å². The maximum Gasteiger partial charge on any atom is 0.126 e. The van der Waals surface area contributed by atoms with Gasteiger partial charge in [-0.3, -0.25) is 0 Å². The molecule has 0 spiro atoms. The summed E-state index contributed by atoms with van der Waals surface area (Å²) in [5, 5.41) is 0. The van der Waals surface area contributed by atoms with E-state index in [1.54, 1.807) is 18.8 Å². The van der Waals surface area contributed by atoms with E-state index in [0.717, 1.165) is 17.0 Å². The molecule has 1 unspecified atom stereocenters. The molecular weight excluding hydrogens is 240 g/mol. The molecule has 0 aliphatic carbocycles. The van der Waals surface area contributed by atoms with E-state index in [2.05, 4.69) is 16.9 Å². The summed E-state index contributed by atoms with van der Waals surface area (Å²) in [5.74, 6) is 1.39. The van der Waals surface area contributed by atoms with E-state index in [9.17, 15) is 0 Å². The molecule has 5 nitrogen and oxygen atoms in total. The Morgan fingerprint density at radius 1 is 1.37 bits per heavy atom. The standard InChI is InChI=1S/C14H14N4O/c1-10(13-3-2-6-19-13)18-9-16-8-12(18)11-4-5-17-14(15)7-11/h2-10H,1H3,(H2,15,17). The molecule has 3 aromatic heterocycles. The number of hydrogen-bond acceptors (Lipinski definition) is 4. The number of nitrogens with two attached hydrogens (primary N) is 1. The molecular formula is C14H14N4O. The highest BCUT2D eigenvalue weighted by Crippen LogP contribution is 2.26. The number of rotatable bonds is 3. The van der Waals surface area contributed by atoms with Crippen LogP contribution in [0.25, 0.3) is 11.3 Å². The van der Waals surface area contributed by atoms with Gasteiger partial charge in [-0.05, 0) is 31.2 Å². The Morgan fingerprint density at radius 2 is 2.26 bits per heavy atom. The van der Waals surface area contributed by atoms with E-state index in [4.69, 9.17) is 10.2 Å². The molecule has 0 saturated heterocycles. The third kappa shape index (κ3) is 2.10. The molecule has 3 heterocycles. The molecule has 0 amide bonds. The molecule has 0 saturated carbocycles. The third-order valence-corrected chi connectivity index (χ3v) is 3.12. The maximum absolute atomic E-state index is 5.73. The summed E-state index contributed by atoms with van der Waals surface area (Å²) < 4.78 is 7.50. The van der Waals surface area contributed by atoms with Gasteiger partial charge in [-0.25, -0.2) is 9.97 Å². The molecule has 0 aliphatic heterocycles. The van der Waals surface area contributed by atoms with Crippen molar-refractivity contribution >= 4 is 5.82 Å². The van der Waals surface area contributed by atoms with Gasteiger partial charge in [-0.2, -0.15) is 0 Å². The lowest BCUT2D eigenvalue weighted by atomic mass is 10.1. The van der Waals surface area contributed by atoms with Crippen LogP contribution in [0.5, 0.6) is 0 Å². The summed E-state index contributed by atoms with van der Waals surface area (Å²) in [7, 11) is 0. The Labute approximate surface area is 110 Å². The first-order chi connectivity index (χ1) is 9.25. The predicted octanol–water partition coefficient (Wildman–Crippen LogP) is 2.73. The molecule has 0 radical (unpaired) electrons. The molecule has 1 atom stereocenters. The number of hydrogen-bond donors (Lipinski definition) is 1. The molecule has 2 N–H and O–H groups in total. The van der Waals surface area contributed by atoms with Crippen molar-refractivity contribution in [2.75, 3.05) is 5.73 Å². The Balaban J connectivity index is 2.03. The largest absolute Gasteiger partial charge is 0.467 e. The number of imidazole rings is 1. The Morgan fingerprint density at radius 3 is 3.00 bits per heavy atom. The average molecular weight is 254 g/mol. The summed E-state index contributed by atoms with van der Waals surface area (Å²) in [4.78, 5) is 8.22. The average Bonchev–Trinajstić information content (AvgIpc) is 3.09. The second kappa shape index (κ2) is 4.61. The highest BCUT2D eigenvalue weighted by atomic mass is 16.3. The van der Waals surface area contributed by atoms with Crippen molar-refractivity contribution in [2.24, 2.45) is 0 Å². The van der Waals surface area contributed by atoms with Gasteiger partial charge >= 0.3 is 0 Å². The number of furan rings is 1. The lowest BCUT2D eigenvalue weighted by molar-refractivity contribution is 0.447. The smallest absolute Gasteiger partial charge is 0.126 e. The SMILES string of the molecule is CC(c1ccco1)n1cncc1-c1ccnc(N)c1. The summed E-state index contributed by atoms with van der Waals surface area (Å²) in [5.41, 5.74) is 7.70. The zero-order valence-corrected chi connectivity index (χ0v) is 10.5. The monoisotopic (exact) mass is 254 g/mol. The summed E-state index contributed by atoms with van der Waals surface area (Å²) in [6.07, 6.45) is 6.97. The predicted molar refractivity (Wildman–Crippen MR) is 72.4 cm³/mol. The van der Waals surface area contributed by atoms with Crippen molar-refractivity contribution in [3.8, 4) is 11.3 Å². The van der Waals surface area contributed by atoms with Gasteiger partial charge in [0.15, 0.2) is 0 Å². The Hall–Kier alpha value is -2.56. The number of aromatic nitrogens is 3. The minimum absolute atomic E-state index is 0.0712. The van der Waals surface area contributed by atoms with E-state index in [0.29, 0.717) is 5.82 Å². The van der Waals surface area contributed by atoms with Crippen LogP contribution in [-0.2, 0) is 0 Å². The Kier molecular flexibility index (Phi) is 2.79. The van der Waals surface area contributed by atoms with Gasteiger partial charge in [0.05, 0.1) is 30.5 Å². The van der Waals surface area contributed by atoms with E-state index in [1.165, 1.54) is 0 Å². The van der Waals surface area contributed by atoms with Crippen LogP contribution in [0, 0.1) is 0 Å². The van der Waals surface area contributed by atoms with Gasteiger partial charge in [-0.1, -0.05) is 0 Å². The number of nitrogens with zero attached hydrogens (tertiary/aromatic N) is 3. The van der Waals surface area contributed by atoms with Gasteiger partial charge in [0.2, 0.25) is 0 Å². The molecule has 3 aromatic rings. The first-order valence-corrected chi connectivity index (χ1v) is 6.03. The lowest BCUT2D eigenvalue weighted by Crippen LogP contribution is -2.06. The maximum atomic E-state index is 5.73. The van der Waals surface area contributed by atoms with Crippen molar-refractivity contribution in [2.45, 2.75) is 13.0 Å². The van der Waals surface area contributed by atoms with Crippen LogP contribution >= 0.6 is 0 Å². The van der Waals surface area contributed by atoms with Crippen LogP contribution in [0.1, 0.15) is 18.7 Å². The van der Waals surface area contributed by atoms with Crippen molar-refractivity contribution in [1.29, 1.82) is 0 Å². The number of nitrogen functional groups attached to an aromatic ring is 1. The normalized spacial score (nSPS) is 12.5. The van der Waals surface area contributed by atoms with Crippen LogP contribution in [0.3, 0.4) is 0 Å². The van der Waals surface area contributed by atoms with Crippen LogP contribution in [0.4, 0.5) is 5.82 Å². The van der Waals surface area contributed by atoms with Crippen LogP contribution in [0.2, 0.25) is 0 Å². The van der Waals surface area contributed by atoms with Crippen LogP contribution in [-0.4, -0.2) is 14.5 Å². The zero-order chi connectivity index (χ0) is 13.2. The van der Waals surface area contributed by atoms with Gasteiger partial charge in [0, 0.05) is 11.8 Å². The molecule has 0 aromatic carbocycles. The second-order valence-electron chi connectivity index (χ2n) is 4.35. The lowest BCUT2D eigenvalue weighted by Gasteiger charge is -2.14. The van der Waals surface area contributed by atoms with E-state index in [1.807, 2.05) is 35.0 Å². The highest BCUT2D eigenvalue weighted by Gasteiger charge is 2.15. The van der Waals surface area contributed by atoms with Crippen LogP contribution < -0.4 is 5.73 Å². The molecule has 5 heteroatoms. The molecule has 0 aliphatic rings. The fraction of sp³-hybridized carbons (Fsp3) is 0.143. The van der Waals surface area contributed by atoms with Crippen molar-refractivity contribution in [1.82, 2.24) is 14.5 Å². The Bertz CT molecular complexity index is 672. The topological polar surface area (TPSA) is 69.9 Å². The first kappa shape index (κ1) is 11.5. The van der Waals surface area contributed by atoms with Gasteiger partial charge < -0.3 is 14.7 Å². The van der Waals surface area contributed by atoms with E-state index in [-0.39, 0.29) is 6.04 Å². The molecule has 19 heavy (non-hydrogen) atoms. The van der Waals surface area contributed by atoms with Crippen molar-refractivity contribution in [3.05, 3.63) is 55.0 Å². The third-order valence-electron chi connectivity index (χ3n) is 3.12. The summed E-state index contributed by atoms with van der Waals surface area (Å²) in [6.45, 7) is 2.06. The van der Waals surface area contributed by atoms with Crippen molar-refractivity contribution < 1.29 is 4.42 Å². The fourth-order valence-corrected chi connectivity index (χ4v) is 2.11. The molecule has 3 rings (SSSR count). The first-order valence-electron chi connectivity index (χ1n) is 6.03. The van der Waals surface area contributed by atoms with E-state index < -0.39 is 0 Å². The summed E-state index contributed by atoms with van der Waals surface area (Å²) in [6, 6.07) is 7.66. The zero-order valence-electron chi connectivity index (χ0n) is 10.5. The van der Waals surface area contributed by atoms with Crippen LogP contribution in [0.15, 0.2) is 53.7 Å². The second-order valence-corrected chi connectivity index (χ2v) is 4.35. The summed E-state index contributed by atoms with van der Waals surface area (Å²) >= 11 is 0. The fourth-order valence-electron chi connectivity index (χ4n) is 2.11. The minimum Gasteiger partial charge on any atom is -0.467 e. The van der Waals surface area contributed by atoms with Gasteiger partial charge in [-0.15, -0.1) is 0 Å². The molecule has 0 bridgehead atoms. The molecule has 96 valence electrons. The van der Waals surface area contributed by atoms with Gasteiger partial charge in [0.25, 0.3) is 0 Å². The van der Waals surface area contributed by atoms with Crippen molar-refractivity contribution in [3.63, 3.8) is 0 Å². The quantitative estimate of drug-likeness (QED) is 0.780.